The summed E-state index contributed by atoms with van der Waals surface area (Å²) in [7, 11) is 1.53. The summed E-state index contributed by atoms with van der Waals surface area (Å²) >= 11 is 0. The lowest BCUT2D eigenvalue weighted by atomic mass is 9.87. The number of hydrogen-bond acceptors (Lipinski definition) is 5. The molecular weight excluding hydrogens is 406 g/mol. The van der Waals surface area contributed by atoms with Crippen LogP contribution < -0.4 is 14.8 Å². The van der Waals surface area contributed by atoms with E-state index in [0.717, 1.165) is 50.5 Å². The maximum atomic E-state index is 13.2. The van der Waals surface area contributed by atoms with E-state index >= 15 is 0 Å². The average molecular weight is 440 g/mol. The number of hydrogen-bond donors (Lipinski definition) is 2. The summed E-state index contributed by atoms with van der Waals surface area (Å²) in [6, 6.07) is 8.31. The summed E-state index contributed by atoms with van der Waals surface area (Å²) < 4.78 is 11.6. The van der Waals surface area contributed by atoms with Crippen LogP contribution in [0.1, 0.15) is 74.7 Å². The number of aryl methyl sites for hydroxylation is 1. The zero-order valence-corrected chi connectivity index (χ0v) is 19.2. The summed E-state index contributed by atoms with van der Waals surface area (Å²) in [5.74, 6) is 0.431. The monoisotopic (exact) mass is 439 g/mol. The van der Waals surface area contributed by atoms with E-state index in [4.69, 9.17) is 9.47 Å². The Bertz CT molecular complexity index is 969. The fourth-order valence-electron chi connectivity index (χ4n) is 4.03. The summed E-state index contributed by atoms with van der Waals surface area (Å²) in [6.07, 6.45) is 7.27. The van der Waals surface area contributed by atoms with E-state index in [2.05, 4.69) is 19.2 Å². The van der Waals surface area contributed by atoms with Gasteiger partial charge in [-0.1, -0.05) is 46.0 Å². The molecule has 0 saturated carbocycles. The molecule has 2 aromatic rings. The van der Waals surface area contributed by atoms with Crippen molar-refractivity contribution in [3.8, 4) is 23.0 Å². The number of unbranched alkanes of at least 4 members (excludes halogenated alkanes) is 4. The smallest absolute Gasteiger partial charge is 0.235 e. The number of carbonyl (C=O) groups is 2. The van der Waals surface area contributed by atoms with Gasteiger partial charge in [-0.2, -0.15) is 0 Å². The predicted octanol–water partition coefficient (Wildman–Crippen LogP) is 6.26. The van der Waals surface area contributed by atoms with Gasteiger partial charge < -0.3 is 19.9 Å². The second-order valence-electron chi connectivity index (χ2n) is 8.30. The Balaban J connectivity index is 1.95. The Hall–Kier alpha value is -3.02. The van der Waals surface area contributed by atoms with E-state index in [1.165, 1.54) is 7.11 Å². The maximum absolute atomic E-state index is 13.2. The zero-order chi connectivity index (χ0) is 23.1. The predicted molar refractivity (Wildman–Crippen MR) is 125 cm³/mol. The van der Waals surface area contributed by atoms with Gasteiger partial charge in [0.1, 0.15) is 23.2 Å². The number of benzene rings is 2. The van der Waals surface area contributed by atoms with Crippen molar-refractivity contribution in [2.24, 2.45) is 5.92 Å². The fourth-order valence-corrected chi connectivity index (χ4v) is 4.03. The molecule has 6 heteroatoms. The molecule has 2 aromatic carbocycles. The van der Waals surface area contributed by atoms with Crippen molar-refractivity contribution in [2.75, 3.05) is 12.4 Å². The minimum atomic E-state index is -0.688. The SMILES string of the molecule is CCCCCc1cc(O)ccc1Oc1cc(OC)cc2c1NC(=O)C(CCCCC)C2=O. The van der Waals surface area contributed by atoms with Gasteiger partial charge in [0.15, 0.2) is 11.5 Å². The second kappa shape index (κ2) is 11.0. The highest BCUT2D eigenvalue weighted by molar-refractivity contribution is 6.21. The molecule has 0 radical (unpaired) electrons. The Morgan fingerprint density at radius 1 is 0.969 bits per heavy atom. The van der Waals surface area contributed by atoms with Crippen LogP contribution in [0.3, 0.4) is 0 Å². The number of rotatable bonds is 11. The standard InChI is InChI=1S/C26H33NO5/c1-4-6-8-10-17-14-18(28)12-13-22(17)32-23-16-19(31-3)15-21-24(23)27-26(30)20(25(21)29)11-9-7-5-2/h12-16,20,28H,4-11H2,1-3H3,(H,27,30). The van der Waals surface area contributed by atoms with E-state index in [9.17, 15) is 14.7 Å². The van der Waals surface area contributed by atoms with E-state index in [-0.39, 0.29) is 17.4 Å². The third-order valence-corrected chi connectivity index (χ3v) is 5.87. The number of fused-ring (bicyclic) bond motifs is 1. The molecule has 0 bridgehead atoms. The molecule has 1 amide bonds. The van der Waals surface area contributed by atoms with Crippen LogP contribution in [-0.2, 0) is 11.2 Å². The molecule has 1 heterocycles. The highest BCUT2D eigenvalue weighted by Gasteiger charge is 2.36. The number of methoxy groups -OCH3 is 1. The van der Waals surface area contributed by atoms with Crippen molar-refractivity contribution in [1.82, 2.24) is 0 Å². The second-order valence-corrected chi connectivity index (χ2v) is 8.30. The average Bonchev–Trinajstić information content (AvgIpc) is 2.78. The maximum Gasteiger partial charge on any atom is 0.235 e. The molecule has 1 aliphatic rings. The number of ether oxygens (including phenoxy) is 2. The summed E-state index contributed by atoms with van der Waals surface area (Å²) in [4.78, 5) is 25.9. The third kappa shape index (κ3) is 5.42. The first-order chi connectivity index (χ1) is 15.5. The molecule has 0 aliphatic carbocycles. The normalized spacial score (nSPS) is 15.3. The van der Waals surface area contributed by atoms with E-state index in [1.54, 1.807) is 30.3 Å². The molecule has 32 heavy (non-hydrogen) atoms. The first-order valence-corrected chi connectivity index (χ1v) is 11.5. The molecular formula is C26H33NO5. The Labute approximate surface area is 189 Å². The van der Waals surface area contributed by atoms with Crippen molar-refractivity contribution in [3.63, 3.8) is 0 Å². The molecule has 0 spiro atoms. The molecule has 0 aromatic heterocycles. The number of Topliss-reactive ketones (excluding diaryl/α,β-unsaturated/α-hetero) is 1. The Kier molecular flexibility index (Phi) is 8.14. The molecule has 0 fully saturated rings. The van der Waals surface area contributed by atoms with Crippen LogP contribution in [0.5, 0.6) is 23.0 Å². The minimum absolute atomic E-state index is 0.176. The summed E-state index contributed by atoms with van der Waals surface area (Å²) in [5, 5.41) is 12.8. The van der Waals surface area contributed by atoms with E-state index in [0.29, 0.717) is 34.9 Å². The van der Waals surface area contributed by atoms with Gasteiger partial charge >= 0.3 is 0 Å². The molecule has 172 valence electrons. The number of anilines is 1. The fraction of sp³-hybridized carbons (Fsp3) is 0.462. The number of phenols is 1. The first kappa shape index (κ1) is 23.6. The lowest BCUT2D eigenvalue weighted by Crippen LogP contribution is -2.35. The minimum Gasteiger partial charge on any atom is -0.508 e. The van der Waals surface area contributed by atoms with Gasteiger partial charge in [0, 0.05) is 11.6 Å². The topological polar surface area (TPSA) is 84.9 Å². The molecule has 1 atom stereocenters. The molecule has 2 N–H and O–H groups in total. The quantitative estimate of drug-likeness (QED) is 0.319. The highest BCUT2D eigenvalue weighted by Crippen LogP contribution is 2.42. The molecule has 1 aliphatic heterocycles. The summed E-state index contributed by atoms with van der Waals surface area (Å²) in [6.45, 7) is 4.23. The Morgan fingerprint density at radius 3 is 2.44 bits per heavy atom. The summed E-state index contributed by atoms with van der Waals surface area (Å²) in [5.41, 5.74) is 1.66. The third-order valence-electron chi connectivity index (χ3n) is 5.87. The largest absolute Gasteiger partial charge is 0.508 e. The van der Waals surface area contributed by atoms with Gasteiger partial charge in [-0.25, -0.2) is 0 Å². The van der Waals surface area contributed by atoms with Gasteiger partial charge in [0.25, 0.3) is 0 Å². The van der Waals surface area contributed by atoms with Crippen LogP contribution in [0, 0.1) is 5.92 Å². The number of aromatic hydroxyl groups is 1. The van der Waals surface area contributed by atoms with Crippen molar-refractivity contribution in [2.45, 2.75) is 65.2 Å². The molecule has 3 rings (SSSR count). The molecule has 0 saturated heterocycles. The van der Waals surface area contributed by atoms with Crippen molar-refractivity contribution >= 4 is 17.4 Å². The Morgan fingerprint density at radius 2 is 1.72 bits per heavy atom. The number of ketones is 1. The number of amides is 1. The van der Waals surface area contributed by atoms with Crippen molar-refractivity contribution in [1.29, 1.82) is 0 Å². The van der Waals surface area contributed by atoms with Crippen LogP contribution in [0.25, 0.3) is 0 Å². The highest BCUT2D eigenvalue weighted by atomic mass is 16.5. The van der Waals surface area contributed by atoms with Crippen molar-refractivity contribution < 1.29 is 24.2 Å². The van der Waals surface area contributed by atoms with Gasteiger partial charge in [-0.15, -0.1) is 0 Å². The van der Waals surface area contributed by atoms with Gasteiger partial charge in [-0.3, -0.25) is 9.59 Å². The van der Waals surface area contributed by atoms with E-state index in [1.807, 2.05) is 0 Å². The number of nitrogens with one attached hydrogen (secondary N) is 1. The van der Waals surface area contributed by atoms with Gasteiger partial charge in [-0.05, 0) is 49.1 Å². The van der Waals surface area contributed by atoms with Crippen LogP contribution in [0.4, 0.5) is 5.69 Å². The lowest BCUT2D eigenvalue weighted by Gasteiger charge is -2.26. The van der Waals surface area contributed by atoms with E-state index < -0.39 is 5.92 Å². The van der Waals surface area contributed by atoms with Crippen LogP contribution >= 0.6 is 0 Å². The molecule has 1 unspecified atom stereocenters. The zero-order valence-electron chi connectivity index (χ0n) is 19.2. The van der Waals surface area contributed by atoms with Crippen LogP contribution in [-0.4, -0.2) is 23.9 Å². The van der Waals surface area contributed by atoms with Gasteiger partial charge in [0.2, 0.25) is 5.91 Å². The van der Waals surface area contributed by atoms with Gasteiger partial charge in [0.05, 0.1) is 12.8 Å². The lowest BCUT2D eigenvalue weighted by molar-refractivity contribution is -0.119. The van der Waals surface area contributed by atoms with Crippen LogP contribution in [0.15, 0.2) is 30.3 Å². The first-order valence-electron chi connectivity index (χ1n) is 11.5. The number of phenolic OH excluding ortho intramolecular Hbond substituents is 1. The van der Waals surface area contributed by atoms with Crippen LogP contribution in [0.2, 0.25) is 0 Å². The number of carbonyl (C=O) groups excluding carboxylic acids is 2. The van der Waals surface area contributed by atoms with Crippen molar-refractivity contribution in [3.05, 3.63) is 41.5 Å². The molecule has 6 nitrogen and oxygen atoms in total.